The summed E-state index contributed by atoms with van der Waals surface area (Å²) in [4.78, 5) is 10.1. The van der Waals surface area contributed by atoms with Gasteiger partial charge in [0.1, 0.15) is 0 Å². The maximum absolute atomic E-state index is 12.0. The van der Waals surface area contributed by atoms with Gasteiger partial charge in [-0.1, -0.05) is 13.2 Å². The van der Waals surface area contributed by atoms with Crippen molar-refractivity contribution in [2.75, 3.05) is 0 Å². The van der Waals surface area contributed by atoms with E-state index in [0.717, 1.165) is 6.08 Å². The molecule has 0 rings (SSSR count). The van der Waals surface area contributed by atoms with Gasteiger partial charge in [-0.25, -0.2) is 4.79 Å². The Labute approximate surface area is 56.8 Å². The molecule has 0 aromatic heterocycles. The number of carbonyl (C=O) groups excluding carboxylic acids is 1. The fourth-order valence-corrected chi connectivity index (χ4v) is 0.214. The first kappa shape index (κ1) is 8.81. The highest BCUT2D eigenvalue weighted by Crippen LogP contribution is 2.01. The summed E-state index contributed by atoms with van der Waals surface area (Å²) in [5.74, 6) is -2.74. The number of esters is 1. The van der Waals surface area contributed by atoms with E-state index in [1.165, 1.54) is 0 Å². The fourth-order valence-electron chi connectivity index (χ4n) is 0.214. The van der Waals surface area contributed by atoms with Crippen LogP contribution >= 0.6 is 0 Å². The zero-order chi connectivity index (χ0) is 8.15. The van der Waals surface area contributed by atoms with E-state index in [-0.39, 0.29) is 0 Å². The molecule has 0 bridgehead atoms. The van der Waals surface area contributed by atoms with Crippen molar-refractivity contribution in [3.05, 3.63) is 25.1 Å². The van der Waals surface area contributed by atoms with E-state index >= 15 is 0 Å². The standard InChI is InChI=1S/C6H6F2O2/c1-3-5(8)10-6(9)4(2)7/h3,5H,1-2H2. The number of carbonyl (C=O) groups is 1. The van der Waals surface area contributed by atoms with Crippen LogP contribution < -0.4 is 0 Å². The lowest BCUT2D eigenvalue weighted by Crippen LogP contribution is -2.10. The van der Waals surface area contributed by atoms with Gasteiger partial charge in [0.15, 0.2) is 0 Å². The van der Waals surface area contributed by atoms with Crippen LogP contribution in [0.1, 0.15) is 0 Å². The summed E-state index contributed by atoms with van der Waals surface area (Å²) in [5.41, 5.74) is 0. The highest BCUT2D eigenvalue weighted by atomic mass is 19.1. The minimum absolute atomic E-state index is 0.723. The smallest absolute Gasteiger partial charge is 0.369 e. The van der Waals surface area contributed by atoms with Crippen LogP contribution in [-0.4, -0.2) is 12.3 Å². The topological polar surface area (TPSA) is 26.3 Å². The molecule has 10 heavy (non-hydrogen) atoms. The molecule has 0 saturated carbocycles. The third kappa shape index (κ3) is 2.96. The van der Waals surface area contributed by atoms with E-state index in [1.54, 1.807) is 0 Å². The van der Waals surface area contributed by atoms with Gasteiger partial charge < -0.3 is 4.74 Å². The second-order valence-corrected chi connectivity index (χ2v) is 1.40. The molecule has 0 saturated heterocycles. The van der Waals surface area contributed by atoms with Crippen LogP contribution in [0, 0.1) is 0 Å². The van der Waals surface area contributed by atoms with Gasteiger partial charge in [0.05, 0.1) is 0 Å². The predicted molar refractivity (Wildman–Crippen MR) is 31.4 cm³/mol. The first-order valence-corrected chi connectivity index (χ1v) is 2.40. The molecule has 0 aromatic carbocycles. The van der Waals surface area contributed by atoms with Crippen molar-refractivity contribution >= 4 is 5.97 Å². The lowest BCUT2D eigenvalue weighted by Gasteiger charge is -2.01. The second kappa shape index (κ2) is 3.76. The molecular weight excluding hydrogens is 142 g/mol. The van der Waals surface area contributed by atoms with Crippen molar-refractivity contribution < 1.29 is 18.3 Å². The Kier molecular flexibility index (Phi) is 3.32. The Morgan fingerprint density at radius 1 is 1.70 bits per heavy atom. The Morgan fingerprint density at radius 3 is 2.50 bits per heavy atom. The first-order chi connectivity index (χ1) is 4.57. The van der Waals surface area contributed by atoms with Crippen LogP contribution in [-0.2, 0) is 9.53 Å². The minimum Gasteiger partial charge on any atom is -0.422 e. The van der Waals surface area contributed by atoms with E-state index in [9.17, 15) is 13.6 Å². The molecule has 0 aliphatic carbocycles. The Morgan fingerprint density at radius 2 is 2.20 bits per heavy atom. The van der Waals surface area contributed by atoms with Crippen molar-refractivity contribution in [2.24, 2.45) is 0 Å². The number of ether oxygens (including phenoxy) is 1. The Balaban J connectivity index is 3.79. The normalized spacial score (nSPS) is 11.8. The molecule has 0 radical (unpaired) electrons. The van der Waals surface area contributed by atoms with E-state index in [2.05, 4.69) is 17.9 Å². The number of hydrogen-bond acceptors (Lipinski definition) is 2. The summed E-state index contributed by atoms with van der Waals surface area (Å²) in [6, 6.07) is 0. The van der Waals surface area contributed by atoms with Gasteiger partial charge in [0.2, 0.25) is 5.83 Å². The van der Waals surface area contributed by atoms with Crippen molar-refractivity contribution in [3.8, 4) is 0 Å². The molecule has 0 aromatic rings. The van der Waals surface area contributed by atoms with Crippen LogP contribution in [0.5, 0.6) is 0 Å². The molecule has 2 nitrogen and oxygen atoms in total. The third-order valence-electron chi connectivity index (χ3n) is 0.626. The zero-order valence-electron chi connectivity index (χ0n) is 5.14. The van der Waals surface area contributed by atoms with E-state index in [4.69, 9.17) is 0 Å². The maximum atomic E-state index is 12.0. The van der Waals surface area contributed by atoms with Gasteiger partial charge in [-0.05, 0) is 6.08 Å². The molecule has 1 unspecified atom stereocenters. The fraction of sp³-hybridized carbons (Fsp3) is 0.167. The molecule has 0 aliphatic rings. The van der Waals surface area contributed by atoms with Crippen LogP contribution in [0.3, 0.4) is 0 Å². The number of rotatable bonds is 3. The molecule has 0 aliphatic heterocycles. The summed E-state index contributed by atoms with van der Waals surface area (Å²) < 4.78 is 27.5. The maximum Gasteiger partial charge on any atom is 0.369 e. The van der Waals surface area contributed by atoms with Gasteiger partial charge in [-0.2, -0.15) is 8.78 Å². The van der Waals surface area contributed by atoms with Gasteiger partial charge in [0, 0.05) is 0 Å². The monoisotopic (exact) mass is 148 g/mol. The number of halogens is 2. The Hall–Kier alpha value is -1.19. The van der Waals surface area contributed by atoms with E-state index in [0.29, 0.717) is 0 Å². The van der Waals surface area contributed by atoms with E-state index in [1.807, 2.05) is 0 Å². The van der Waals surface area contributed by atoms with Crippen LogP contribution in [0.2, 0.25) is 0 Å². The van der Waals surface area contributed by atoms with Gasteiger partial charge in [0.25, 0.3) is 6.36 Å². The van der Waals surface area contributed by atoms with Gasteiger partial charge in [-0.15, -0.1) is 0 Å². The van der Waals surface area contributed by atoms with Gasteiger partial charge in [-0.3, -0.25) is 0 Å². The first-order valence-electron chi connectivity index (χ1n) is 2.40. The molecule has 0 amide bonds. The van der Waals surface area contributed by atoms with Crippen molar-refractivity contribution in [3.63, 3.8) is 0 Å². The summed E-state index contributed by atoms with van der Waals surface area (Å²) in [7, 11) is 0. The average molecular weight is 148 g/mol. The predicted octanol–water partition coefficient (Wildman–Crippen LogP) is 1.49. The second-order valence-electron chi connectivity index (χ2n) is 1.40. The van der Waals surface area contributed by atoms with E-state index < -0.39 is 18.2 Å². The Bertz CT molecular complexity index is 165. The third-order valence-corrected chi connectivity index (χ3v) is 0.626. The molecule has 4 heteroatoms. The van der Waals surface area contributed by atoms with Gasteiger partial charge >= 0.3 is 5.97 Å². The lowest BCUT2D eigenvalue weighted by molar-refractivity contribution is -0.150. The quantitative estimate of drug-likeness (QED) is 0.344. The van der Waals surface area contributed by atoms with Crippen molar-refractivity contribution in [1.82, 2.24) is 0 Å². The molecule has 0 spiro atoms. The lowest BCUT2D eigenvalue weighted by atomic mass is 10.6. The highest BCUT2D eigenvalue weighted by molar-refractivity contribution is 5.85. The molecule has 1 atom stereocenters. The minimum atomic E-state index is -1.97. The van der Waals surface area contributed by atoms with Crippen LogP contribution in [0.25, 0.3) is 0 Å². The van der Waals surface area contributed by atoms with Crippen LogP contribution in [0.15, 0.2) is 25.1 Å². The number of alkyl halides is 1. The summed E-state index contributed by atoms with van der Waals surface area (Å²) >= 11 is 0. The zero-order valence-corrected chi connectivity index (χ0v) is 5.14. The van der Waals surface area contributed by atoms with Crippen LogP contribution in [0.4, 0.5) is 8.78 Å². The summed E-state index contributed by atoms with van der Waals surface area (Å²) in [6.45, 7) is 5.57. The summed E-state index contributed by atoms with van der Waals surface area (Å²) in [5, 5.41) is 0. The molecule has 0 heterocycles. The molecule has 0 N–H and O–H groups in total. The summed E-state index contributed by atoms with van der Waals surface area (Å²) in [6.07, 6.45) is -1.25. The van der Waals surface area contributed by atoms with Crippen molar-refractivity contribution in [2.45, 2.75) is 6.36 Å². The molecule has 0 fully saturated rings. The SMILES string of the molecule is C=CC(F)OC(=O)C(=C)F. The van der Waals surface area contributed by atoms with Crippen molar-refractivity contribution in [1.29, 1.82) is 0 Å². The number of hydrogen-bond donors (Lipinski definition) is 0. The average Bonchev–Trinajstić information content (AvgIpc) is 1.87. The highest BCUT2D eigenvalue weighted by Gasteiger charge is 2.11. The molecular formula is C6H6F2O2. The largest absolute Gasteiger partial charge is 0.422 e. The molecule has 56 valence electrons.